The molecule has 0 aliphatic carbocycles. The first kappa shape index (κ1) is 17.4. The summed E-state index contributed by atoms with van der Waals surface area (Å²) in [6.07, 6.45) is 3.08. The summed E-state index contributed by atoms with van der Waals surface area (Å²) in [5.74, 6) is -0.501. The number of carbonyl (C=O) groups excluding carboxylic acids is 2. The SMILES string of the molecule is Cc1cccc(C(=O)Nc2ccncc2NC(=O)c2cccc(C)c2)c1. The van der Waals surface area contributed by atoms with Gasteiger partial charge in [-0.3, -0.25) is 14.6 Å². The van der Waals surface area contributed by atoms with E-state index < -0.39 is 0 Å². The molecule has 3 aromatic rings. The Kier molecular flexibility index (Phi) is 5.08. The third-order valence-electron chi connectivity index (χ3n) is 3.88. The Hall–Kier alpha value is -3.47. The lowest BCUT2D eigenvalue weighted by Crippen LogP contribution is -2.17. The van der Waals surface area contributed by atoms with Gasteiger partial charge in [0.1, 0.15) is 0 Å². The van der Waals surface area contributed by atoms with Crippen molar-refractivity contribution in [2.75, 3.05) is 10.6 Å². The van der Waals surface area contributed by atoms with Crippen LogP contribution >= 0.6 is 0 Å². The Bertz CT molecular complexity index is 888. The summed E-state index contributed by atoms with van der Waals surface area (Å²) in [4.78, 5) is 29.0. The van der Waals surface area contributed by atoms with Crippen molar-refractivity contribution < 1.29 is 9.59 Å². The van der Waals surface area contributed by atoms with Gasteiger partial charge in [0, 0.05) is 17.3 Å². The van der Waals surface area contributed by atoms with Gasteiger partial charge in [0.2, 0.25) is 0 Å². The van der Waals surface area contributed by atoms with Crippen molar-refractivity contribution in [3.63, 3.8) is 0 Å². The van der Waals surface area contributed by atoms with E-state index in [1.807, 2.05) is 44.2 Å². The first-order chi connectivity index (χ1) is 12.5. The lowest BCUT2D eigenvalue weighted by molar-refractivity contribution is 0.101. The molecule has 3 rings (SSSR count). The minimum Gasteiger partial charge on any atom is -0.320 e. The quantitative estimate of drug-likeness (QED) is 0.744. The maximum atomic E-state index is 12.5. The van der Waals surface area contributed by atoms with E-state index >= 15 is 0 Å². The number of nitrogens with zero attached hydrogens (tertiary/aromatic N) is 1. The van der Waals surface area contributed by atoms with E-state index in [1.165, 1.54) is 6.20 Å². The van der Waals surface area contributed by atoms with E-state index in [1.54, 1.807) is 30.5 Å². The summed E-state index contributed by atoms with van der Waals surface area (Å²) in [6, 6.07) is 16.3. The molecular weight excluding hydrogens is 326 g/mol. The van der Waals surface area contributed by atoms with Crippen molar-refractivity contribution in [1.29, 1.82) is 0 Å². The van der Waals surface area contributed by atoms with Crippen molar-refractivity contribution in [2.24, 2.45) is 0 Å². The Morgan fingerprint density at radius 3 is 1.85 bits per heavy atom. The van der Waals surface area contributed by atoms with E-state index in [4.69, 9.17) is 0 Å². The molecule has 0 radical (unpaired) electrons. The fourth-order valence-electron chi connectivity index (χ4n) is 2.56. The van der Waals surface area contributed by atoms with Crippen molar-refractivity contribution >= 4 is 23.2 Å². The molecule has 130 valence electrons. The zero-order valence-corrected chi connectivity index (χ0v) is 14.6. The predicted molar refractivity (Wildman–Crippen MR) is 103 cm³/mol. The summed E-state index contributed by atoms with van der Waals surface area (Å²) in [7, 11) is 0. The van der Waals surface area contributed by atoms with Crippen molar-refractivity contribution in [2.45, 2.75) is 13.8 Å². The molecule has 0 atom stereocenters. The fraction of sp³-hybridized carbons (Fsp3) is 0.0952. The van der Waals surface area contributed by atoms with Crippen LogP contribution in [-0.2, 0) is 0 Å². The van der Waals surface area contributed by atoms with Crippen LogP contribution in [0, 0.1) is 13.8 Å². The number of hydrogen-bond acceptors (Lipinski definition) is 3. The number of benzene rings is 2. The number of amides is 2. The Labute approximate surface area is 152 Å². The second kappa shape index (κ2) is 7.61. The van der Waals surface area contributed by atoms with E-state index in [0.29, 0.717) is 22.5 Å². The Morgan fingerprint density at radius 1 is 0.769 bits per heavy atom. The molecule has 5 heteroatoms. The summed E-state index contributed by atoms with van der Waals surface area (Å²) in [5, 5.41) is 5.63. The van der Waals surface area contributed by atoms with Crippen LogP contribution in [0.5, 0.6) is 0 Å². The minimum atomic E-state index is -0.257. The number of nitrogens with one attached hydrogen (secondary N) is 2. The summed E-state index contributed by atoms with van der Waals surface area (Å²) < 4.78 is 0. The van der Waals surface area contributed by atoms with Crippen LogP contribution in [-0.4, -0.2) is 16.8 Å². The molecule has 0 unspecified atom stereocenters. The van der Waals surface area contributed by atoms with Gasteiger partial charge < -0.3 is 10.6 Å². The van der Waals surface area contributed by atoms with E-state index in [0.717, 1.165) is 11.1 Å². The van der Waals surface area contributed by atoms with Gasteiger partial charge in [-0.2, -0.15) is 0 Å². The Balaban J connectivity index is 1.80. The van der Waals surface area contributed by atoms with Crippen LogP contribution in [0.25, 0.3) is 0 Å². The highest BCUT2D eigenvalue weighted by atomic mass is 16.2. The Morgan fingerprint density at radius 2 is 1.31 bits per heavy atom. The fourth-order valence-corrected chi connectivity index (χ4v) is 2.56. The van der Waals surface area contributed by atoms with Crippen molar-refractivity contribution in [1.82, 2.24) is 4.98 Å². The zero-order chi connectivity index (χ0) is 18.5. The second-order valence-electron chi connectivity index (χ2n) is 6.07. The molecule has 5 nitrogen and oxygen atoms in total. The molecule has 0 spiro atoms. The average molecular weight is 345 g/mol. The number of aryl methyl sites for hydroxylation is 2. The van der Waals surface area contributed by atoms with Gasteiger partial charge in [-0.05, 0) is 44.2 Å². The smallest absolute Gasteiger partial charge is 0.255 e. The van der Waals surface area contributed by atoms with Crippen molar-refractivity contribution in [3.05, 3.63) is 89.2 Å². The summed E-state index contributed by atoms with van der Waals surface area (Å²) in [6.45, 7) is 3.85. The number of hydrogen-bond donors (Lipinski definition) is 2. The highest BCUT2D eigenvalue weighted by molar-refractivity contribution is 6.09. The minimum absolute atomic E-state index is 0.244. The van der Waals surface area contributed by atoms with Gasteiger partial charge in [-0.25, -0.2) is 0 Å². The van der Waals surface area contributed by atoms with Crippen LogP contribution in [0.4, 0.5) is 11.4 Å². The molecule has 0 saturated carbocycles. The second-order valence-corrected chi connectivity index (χ2v) is 6.07. The van der Waals surface area contributed by atoms with Gasteiger partial charge in [0.15, 0.2) is 0 Å². The maximum Gasteiger partial charge on any atom is 0.255 e. The van der Waals surface area contributed by atoms with Crippen molar-refractivity contribution in [3.8, 4) is 0 Å². The number of rotatable bonds is 4. The number of anilines is 2. The van der Waals surface area contributed by atoms with E-state index in [-0.39, 0.29) is 11.8 Å². The molecule has 2 N–H and O–H groups in total. The van der Waals surface area contributed by atoms with Gasteiger partial charge in [0.05, 0.1) is 17.6 Å². The molecule has 26 heavy (non-hydrogen) atoms. The van der Waals surface area contributed by atoms with E-state index in [2.05, 4.69) is 15.6 Å². The molecule has 2 amide bonds. The molecule has 0 fully saturated rings. The molecule has 0 aliphatic heterocycles. The molecule has 0 bridgehead atoms. The number of carbonyl (C=O) groups is 2. The highest BCUT2D eigenvalue weighted by Crippen LogP contribution is 2.21. The predicted octanol–water partition coefficient (Wildman–Crippen LogP) is 4.20. The van der Waals surface area contributed by atoms with Crippen LogP contribution in [0.15, 0.2) is 67.0 Å². The number of aromatic nitrogens is 1. The third kappa shape index (κ3) is 4.13. The molecule has 2 aromatic carbocycles. The standard InChI is InChI=1S/C21H19N3O2/c1-14-5-3-7-16(11-14)20(25)23-18-9-10-22-13-19(18)24-21(26)17-8-4-6-15(2)12-17/h3-13H,1-2H3,(H,24,26)(H,22,23,25). The van der Waals surface area contributed by atoms with Gasteiger partial charge >= 0.3 is 0 Å². The molecule has 1 heterocycles. The zero-order valence-electron chi connectivity index (χ0n) is 14.6. The average Bonchev–Trinajstić information content (AvgIpc) is 2.63. The number of pyridine rings is 1. The van der Waals surface area contributed by atoms with Gasteiger partial charge in [-0.1, -0.05) is 35.4 Å². The first-order valence-corrected chi connectivity index (χ1v) is 8.23. The monoisotopic (exact) mass is 345 g/mol. The topological polar surface area (TPSA) is 71.1 Å². The maximum absolute atomic E-state index is 12.5. The molecule has 1 aromatic heterocycles. The van der Waals surface area contributed by atoms with Crippen LogP contribution in [0.3, 0.4) is 0 Å². The lowest BCUT2D eigenvalue weighted by Gasteiger charge is -2.12. The normalized spacial score (nSPS) is 10.2. The van der Waals surface area contributed by atoms with Crippen LogP contribution in [0.1, 0.15) is 31.8 Å². The van der Waals surface area contributed by atoms with Crippen LogP contribution < -0.4 is 10.6 Å². The summed E-state index contributed by atoms with van der Waals surface area (Å²) >= 11 is 0. The first-order valence-electron chi connectivity index (χ1n) is 8.23. The summed E-state index contributed by atoms with van der Waals surface area (Å²) in [5.41, 5.74) is 4.03. The van der Waals surface area contributed by atoms with Crippen LogP contribution in [0.2, 0.25) is 0 Å². The largest absolute Gasteiger partial charge is 0.320 e. The van der Waals surface area contributed by atoms with Gasteiger partial charge in [-0.15, -0.1) is 0 Å². The van der Waals surface area contributed by atoms with Gasteiger partial charge in [0.25, 0.3) is 11.8 Å². The molecular formula is C21H19N3O2. The van der Waals surface area contributed by atoms with E-state index in [9.17, 15) is 9.59 Å². The molecule has 0 saturated heterocycles. The lowest BCUT2D eigenvalue weighted by atomic mass is 10.1. The highest BCUT2D eigenvalue weighted by Gasteiger charge is 2.12. The molecule has 0 aliphatic rings. The third-order valence-corrected chi connectivity index (χ3v) is 3.88.